The van der Waals surface area contributed by atoms with Crippen molar-refractivity contribution in [1.82, 2.24) is 10.8 Å². The maximum Gasteiger partial charge on any atom is 0.194 e. The highest BCUT2D eigenvalue weighted by Gasteiger charge is 2.19. The highest BCUT2D eigenvalue weighted by Crippen LogP contribution is 2.07. The largest absolute Gasteiger partial charge is 0.334 e. The second-order valence-electron chi connectivity index (χ2n) is 2.35. The zero-order valence-electron chi connectivity index (χ0n) is 6.07. The number of hydrogen-bond donors (Lipinski definition) is 3. The number of nitrogens with one attached hydrogen (secondary N) is 2. The third kappa shape index (κ3) is 2.43. The molecule has 7 heteroatoms. The van der Waals surface area contributed by atoms with Crippen molar-refractivity contribution in [3.05, 3.63) is 11.8 Å². The zero-order chi connectivity index (χ0) is 9.19. The van der Waals surface area contributed by atoms with Gasteiger partial charge in [0, 0.05) is 5.70 Å². The van der Waals surface area contributed by atoms with E-state index in [1.807, 2.05) is 0 Å². The predicted octanol–water partition coefficient (Wildman–Crippen LogP) is -0.848. The first-order valence-corrected chi connectivity index (χ1v) is 5.37. The fraction of sp³-hybridized carbons (Fsp3) is 0.400. The lowest BCUT2D eigenvalue weighted by atomic mass is 10.5. The Balaban J connectivity index is 2.53. The molecular formula is C5H8N2O3S2. The summed E-state index contributed by atoms with van der Waals surface area (Å²) in [6.07, 6.45) is 1.53. The van der Waals surface area contributed by atoms with Gasteiger partial charge in [-0.1, -0.05) is 0 Å². The van der Waals surface area contributed by atoms with Crippen molar-refractivity contribution in [3.63, 3.8) is 0 Å². The summed E-state index contributed by atoms with van der Waals surface area (Å²) < 4.78 is 21.8. The Hall–Kier alpha value is -0.660. The van der Waals surface area contributed by atoms with Crippen LogP contribution in [0.5, 0.6) is 0 Å². The van der Waals surface area contributed by atoms with Crippen molar-refractivity contribution in [2.24, 2.45) is 0 Å². The van der Waals surface area contributed by atoms with Gasteiger partial charge >= 0.3 is 0 Å². The van der Waals surface area contributed by atoms with Crippen molar-refractivity contribution >= 4 is 27.2 Å². The minimum absolute atomic E-state index is 0.00153. The minimum Gasteiger partial charge on any atom is -0.334 e. The molecule has 0 fully saturated rings. The average Bonchev–Trinajstić information content (AvgIpc) is 2.30. The van der Waals surface area contributed by atoms with Gasteiger partial charge in [-0.3, -0.25) is 5.21 Å². The Labute approximate surface area is 75.3 Å². The number of hydrogen-bond acceptors (Lipinski definition) is 4. The highest BCUT2D eigenvalue weighted by atomic mass is 32.2. The van der Waals surface area contributed by atoms with Crippen LogP contribution in [0.3, 0.4) is 0 Å². The molecule has 0 radical (unpaired) electrons. The van der Waals surface area contributed by atoms with E-state index in [9.17, 15) is 8.42 Å². The highest BCUT2D eigenvalue weighted by molar-refractivity contribution is 7.92. The van der Waals surface area contributed by atoms with Crippen LogP contribution in [-0.2, 0) is 9.84 Å². The molecule has 1 rings (SSSR count). The number of thiocarbonyl (C=S) groups is 1. The van der Waals surface area contributed by atoms with Gasteiger partial charge in [0.05, 0.1) is 11.5 Å². The van der Waals surface area contributed by atoms with E-state index in [1.165, 1.54) is 6.08 Å². The van der Waals surface area contributed by atoms with E-state index in [-0.39, 0.29) is 16.6 Å². The van der Waals surface area contributed by atoms with E-state index < -0.39 is 9.84 Å². The summed E-state index contributed by atoms with van der Waals surface area (Å²) in [5.74, 6) is -0.0157. The van der Waals surface area contributed by atoms with Crippen LogP contribution in [-0.4, -0.2) is 30.2 Å². The quantitative estimate of drug-likeness (QED) is 0.385. The SMILES string of the molecule is O=S1(=O)CC=C(NC(=S)NO)C1. The Morgan fingerprint density at radius 1 is 1.67 bits per heavy atom. The van der Waals surface area contributed by atoms with Crippen LogP contribution in [0.15, 0.2) is 11.8 Å². The van der Waals surface area contributed by atoms with Crippen LogP contribution in [0.1, 0.15) is 0 Å². The normalized spacial score (nSPS) is 19.9. The molecular weight excluding hydrogens is 200 g/mol. The molecule has 0 unspecified atom stereocenters. The van der Waals surface area contributed by atoms with Gasteiger partial charge in [0.25, 0.3) is 0 Å². The first kappa shape index (κ1) is 9.43. The molecule has 68 valence electrons. The topological polar surface area (TPSA) is 78.4 Å². The van der Waals surface area contributed by atoms with Crippen LogP contribution in [0.25, 0.3) is 0 Å². The van der Waals surface area contributed by atoms with Gasteiger partial charge in [-0.2, -0.15) is 0 Å². The molecule has 0 atom stereocenters. The smallest absolute Gasteiger partial charge is 0.194 e. The van der Waals surface area contributed by atoms with E-state index in [1.54, 1.807) is 5.48 Å². The summed E-state index contributed by atoms with van der Waals surface area (Å²) in [5.41, 5.74) is 2.21. The molecule has 0 aromatic heterocycles. The van der Waals surface area contributed by atoms with Gasteiger partial charge < -0.3 is 5.32 Å². The Kier molecular flexibility index (Phi) is 2.65. The Bertz CT molecular complexity index is 320. The summed E-state index contributed by atoms with van der Waals surface area (Å²) in [7, 11) is -2.97. The van der Waals surface area contributed by atoms with Gasteiger partial charge in [-0.05, 0) is 18.3 Å². The molecule has 0 spiro atoms. The lowest BCUT2D eigenvalue weighted by Crippen LogP contribution is -2.33. The van der Waals surface area contributed by atoms with Gasteiger partial charge in [-0.25, -0.2) is 13.9 Å². The van der Waals surface area contributed by atoms with Crippen LogP contribution >= 0.6 is 12.2 Å². The molecule has 0 aromatic rings. The fourth-order valence-electron chi connectivity index (χ4n) is 0.843. The molecule has 1 heterocycles. The van der Waals surface area contributed by atoms with Crippen LogP contribution in [0.2, 0.25) is 0 Å². The Morgan fingerprint density at radius 3 is 2.75 bits per heavy atom. The maximum atomic E-state index is 10.9. The first-order valence-electron chi connectivity index (χ1n) is 3.14. The second kappa shape index (κ2) is 3.38. The van der Waals surface area contributed by atoms with Crippen molar-refractivity contribution in [1.29, 1.82) is 0 Å². The van der Waals surface area contributed by atoms with Crippen molar-refractivity contribution < 1.29 is 13.6 Å². The van der Waals surface area contributed by atoms with Crippen LogP contribution in [0, 0.1) is 0 Å². The van der Waals surface area contributed by atoms with Gasteiger partial charge in [0.15, 0.2) is 14.9 Å². The summed E-state index contributed by atoms with van der Waals surface area (Å²) in [5, 5.41) is 10.8. The third-order valence-electron chi connectivity index (χ3n) is 1.33. The summed E-state index contributed by atoms with van der Waals surface area (Å²) >= 11 is 4.56. The van der Waals surface area contributed by atoms with Gasteiger partial charge in [-0.15, -0.1) is 0 Å². The van der Waals surface area contributed by atoms with E-state index >= 15 is 0 Å². The van der Waals surface area contributed by atoms with E-state index in [2.05, 4.69) is 17.5 Å². The lowest BCUT2D eigenvalue weighted by molar-refractivity contribution is 0.234. The number of sulfone groups is 1. The Morgan fingerprint density at radius 2 is 2.33 bits per heavy atom. The molecule has 0 aliphatic carbocycles. The van der Waals surface area contributed by atoms with Crippen molar-refractivity contribution in [2.75, 3.05) is 11.5 Å². The van der Waals surface area contributed by atoms with Crippen LogP contribution < -0.4 is 10.8 Å². The van der Waals surface area contributed by atoms with Crippen molar-refractivity contribution in [3.8, 4) is 0 Å². The molecule has 1 aliphatic rings. The molecule has 0 aromatic carbocycles. The summed E-state index contributed by atoms with van der Waals surface area (Å²) in [6, 6.07) is 0. The molecule has 0 bridgehead atoms. The minimum atomic E-state index is -2.97. The first-order chi connectivity index (χ1) is 5.53. The third-order valence-corrected chi connectivity index (χ3v) is 2.95. The van der Waals surface area contributed by atoms with E-state index in [4.69, 9.17) is 5.21 Å². The number of hydroxylamine groups is 1. The second-order valence-corrected chi connectivity index (χ2v) is 4.87. The van der Waals surface area contributed by atoms with Gasteiger partial charge in [0.1, 0.15) is 0 Å². The van der Waals surface area contributed by atoms with Crippen molar-refractivity contribution in [2.45, 2.75) is 0 Å². The molecule has 5 nitrogen and oxygen atoms in total. The molecule has 1 aliphatic heterocycles. The standard InChI is InChI=1S/C5H8N2O3S2/c8-7-5(11)6-4-1-2-12(9,10)3-4/h1,8H,2-3H2,(H2,6,7,11). The predicted molar refractivity (Wildman–Crippen MR) is 47.4 cm³/mol. The van der Waals surface area contributed by atoms with Gasteiger partial charge in [0.2, 0.25) is 0 Å². The monoisotopic (exact) mass is 208 g/mol. The van der Waals surface area contributed by atoms with E-state index in [0.717, 1.165) is 0 Å². The molecule has 0 amide bonds. The molecule has 12 heavy (non-hydrogen) atoms. The van der Waals surface area contributed by atoms with E-state index in [0.29, 0.717) is 5.70 Å². The molecule has 0 saturated heterocycles. The zero-order valence-corrected chi connectivity index (χ0v) is 7.70. The average molecular weight is 208 g/mol. The summed E-state index contributed by atoms with van der Waals surface area (Å²) in [4.78, 5) is 0. The summed E-state index contributed by atoms with van der Waals surface area (Å²) in [6.45, 7) is 0. The maximum absolute atomic E-state index is 10.9. The number of rotatable bonds is 1. The molecule has 0 saturated carbocycles. The molecule has 3 N–H and O–H groups in total. The van der Waals surface area contributed by atoms with Crippen LogP contribution in [0.4, 0.5) is 0 Å². The lowest BCUT2D eigenvalue weighted by Gasteiger charge is -2.04. The fourth-order valence-corrected chi connectivity index (χ4v) is 2.21.